The molecule has 5 nitrogen and oxygen atoms in total. The molecule has 19 heavy (non-hydrogen) atoms. The number of anilines is 1. The largest absolute Gasteiger partial charge is 0.383 e. The molecule has 0 saturated carbocycles. The Kier molecular flexibility index (Phi) is 7.40. The van der Waals surface area contributed by atoms with Gasteiger partial charge >= 0.3 is 0 Å². The van der Waals surface area contributed by atoms with E-state index in [4.69, 9.17) is 15.2 Å². The van der Waals surface area contributed by atoms with Crippen LogP contribution in [0, 0.1) is 0 Å². The van der Waals surface area contributed by atoms with E-state index in [2.05, 4.69) is 22.9 Å². The molecule has 2 N–H and O–H groups in total. The Balaban J connectivity index is 2.71. The summed E-state index contributed by atoms with van der Waals surface area (Å²) in [4.78, 5) is 6.63. The van der Waals surface area contributed by atoms with E-state index in [1.807, 2.05) is 12.3 Å². The van der Waals surface area contributed by atoms with Crippen molar-refractivity contribution in [2.75, 3.05) is 45.4 Å². The molecule has 1 rings (SSSR count). The quantitative estimate of drug-likeness (QED) is 0.736. The molecule has 1 aromatic heterocycles. The van der Waals surface area contributed by atoms with E-state index in [9.17, 15) is 0 Å². The molecule has 0 amide bonds. The number of hydrogen-bond acceptors (Lipinski definition) is 5. The van der Waals surface area contributed by atoms with Gasteiger partial charge in [-0.25, -0.2) is 0 Å². The van der Waals surface area contributed by atoms with Crippen molar-refractivity contribution in [2.45, 2.75) is 19.4 Å². The van der Waals surface area contributed by atoms with Crippen LogP contribution in [-0.2, 0) is 9.47 Å². The lowest BCUT2D eigenvalue weighted by Gasteiger charge is -2.24. The van der Waals surface area contributed by atoms with Crippen molar-refractivity contribution < 1.29 is 9.47 Å². The summed E-state index contributed by atoms with van der Waals surface area (Å²) in [5, 5.41) is 0. The van der Waals surface area contributed by atoms with Crippen LogP contribution in [0.2, 0.25) is 0 Å². The molecule has 0 aliphatic carbocycles. The first-order valence-corrected chi connectivity index (χ1v) is 6.67. The average molecular weight is 267 g/mol. The van der Waals surface area contributed by atoms with Crippen LogP contribution in [0.5, 0.6) is 0 Å². The van der Waals surface area contributed by atoms with Crippen molar-refractivity contribution in [3.63, 3.8) is 0 Å². The molecule has 0 unspecified atom stereocenters. The van der Waals surface area contributed by atoms with E-state index >= 15 is 0 Å². The lowest BCUT2D eigenvalue weighted by atomic mass is 10.1. The highest BCUT2D eigenvalue weighted by Gasteiger charge is 2.09. The molecule has 108 valence electrons. The monoisotopic (exact) mass is 267 g/mol. The highest BCUT2D eigenvalue weighted by molar-refractivity contribution is 5.44. The van der Waals surface area contributed by atoms with Crippen molar-refractivity contribution in [2.24, 2.45) is 5.73 Å². The first-order chi connectivity index (χ1) is 9.22. The van der Waals surface area contributed by atoms with Gasteiger partial charge in [-0.05, 0) is 18.6 Å². The van der Waals surface area contributed by atoms with Crippen LogP contribution in [0.3, 0.4) is 0 Å². The first-order valence-electron chi connectivity index (χ1n) is 6.67. The summed E-state index contributed by atoms with van der Waals surface area (Å²) in [6.45, 7) is 5.06. The predicted octanol–water partition coefficient (Wildman–Crippen LogP) is 1.59. The Morgan fingerprint density at radius 1 is 1.21 bits per heavy atom. The van der Waals surface area contributed by atoms with Crippen LogP contribution < -0.4 is 10.6 Å². The molecular weight excluding hydrogens is 242 g/mol. The molecule has 0 aromatic carbocycles. The Morgan fingerprint density at radius 2 is 1.84 bits per heavy atom. The summed E-state index contributed by atoms with van der Waals surface area (Å²) < 4.78 is 10.3. The van der Waals surface area contributed by atoms with Crippen LogP contribution in [0.1, 0.15) is 25.1 Å². The fourth-order valence-corrected chi connectivity index (χ4v) is 1.79. The van der Waals surface area contributed by atoms with Crippen molar-refractivity contribution in [1.82, 2.24) is 4.98 Å². The summed E-state index contributed by atoms with van der Waals surface area (Å²) in [7, 11) is 3.41. The second-order valence-electron chi connectivity index (χ2n) is 4.43. The number of nitrogens with two attached hydrogens (primary N) is 1. The molecule has 0 radical (unpaired) electrons. The minimum Gasteiger partial charge on any atom is -0.383 e. The maximum atomic E-state index is 5.96. The molecule has 0 bridgehead atoms. The zero-order valence-corrected chi connectivity index (χ0v) is 12.1. The van der Waals surface area contributed by atoms with Gasteiger partial charge in [0.05, 0.1) is 30.8 Å². The van der Waals surface area contributed by atoms with Crippen molar-refractivity contribution in [1.29, 1.82) is 0 Å². The number of hydrogen-bond donors (Lipinski definition) is 1. The van der Waals surface area contributed by atoms with Crippen LogP contribution in [0.15, 0.2) is 18.3 Å². The number of methoxy groups -OCH3 is 2. The van der Waals surface area contributed by atoms with Gasteiger partial charge in [0.15, 0.2) is 0 Å². The molecule has 5 heteroatoms. The number of rotatable bonds is 9. The second kappa shape index (κ2) is 8.85. The number of aromatic nitrogens is 1. The van der Waals surface area contributed by atoms with Crippen molar-refractivity contribution in [3.05, 3.63) is 24.0 Å². The first kappa shape index (κ1) is 15.9. The van der Waals surface area contributed by atoms with Gasteiger partial charge in [0.2, 0.25) is 0 Å². The van der Waals surface area contributed by atoms with Crippen LogP contribution >= 0.6 is 0 Å². The highest BCUT2D eigenvalue weighted by atomic mass is 16.5. The van der Waals surface area contributed by atoms with E-state index in [1.165, 1.54) is 0 Å². The zero-order valence-electron chi connectivity index (χ0n) is 12.1. The smallest absolute Gasteiger partial charge is 0.0637 e. The van der Waals surface area contributed by atoms with Crippen LogP contribution in [-0.4, -0.2) is 45.5 Å². The Bertz CT molecular complexity index is 335. The maximum Gasteiger partial charge on any atom is 0.0637 e. The predicted molar refractivity (Wildman–Crippen MR) is 77.4 cm³/mol. The Morgan fingerprint density at radius 3 is 2.26 bits per heavy atom. The highest BCUT2D eigenvalue weighted by Crippen LogP contribution is 2.16. The van der Waals surface area contributed by atoms with E-state index in [1.54, 1.807) is 14.2 Å². The standard InChI is InChI=1S/C14H25N3O2/c1-4-13(15)14-6-5-12(11-16-14)17(7-9-18-2)8-10-19-3/h5-6,11,13H,4,7-10,15H2,1-3H3/t13-/m1/s1. The van der Waals surface area contributed by atoms with E-state index < -0.39 is 0 Å². The molecule has 1 aromatic rings. The minimum atomic E-state index is 0.0143. The Hall–Kier alpha value is -1.17. The molecular formula is C14H25N3O2. The van der Waals surface area contributed by atoms with Gasteiger partial charge in [-0.3, -0.25) is 4.98 Å². The van der Waals surface area contributed by atoms with E-state index in [0.717, 1.165) is 30.9 Å². The third kappa shape index (κ3) is 5.14. The van der Waals surface area contributed by atoms with Crippen LogP contribution in [0.4, 0.5) is 5.69 Å². The SMILES string of the molecule is CC[C@@H](N)c1ccc(N(CCOC)CCOC)cn1. The maximum absolute atomic E-state index is 5.96. The number of nitrogens with zero attached hydrogens (tertiary/aromatic N) is 2. The summed E-state index contributed by atoms with van der Waals surface area (Å²) in [6.07, 6.45) is 2.76. The Labute approximate surface area is 115 Å². The van der Waals surface area contributed by atoms with Crippen LogP contribution in [0.25, 0.3) is 0 Å². The number of ether oxygens (including phenoxy) is 2. The summed E-state index contributed by atoms with van der Waals surface area (Å²) in [5.74, 6) is 0. The summed E-state index contributed by atoms with van der Waals surface area (Å²) in [6, 6.07) is 4.07. The lowest BCUT2D eigenvalue weighted by Crippen LogP contribution is -2.30. The van der Waals surface area contributed by atoms with Gasteiger partial charge in [-0.2, -0.15) is 0 Å². The van der Waals surface area contributed by atoms with Gasteiger partial charge in [0, 0.05) is 33.4 Å². The molecule has 0 aliphatic rings. The second-order valence-corrected chi connectivity index (χ2v) is 4.43. The van der Waals surface area contributed by atoms with E-state index in [-0.39, 0.29) is 6.04 Å². The van der Waals surface area contributed by atoms with Crippen molar-refractivity contribution >= 4 is 5.69 Å². The fourth-order valence-electron chi connectivity index (χ4n) is 1.79. The van der Waals surface area contributed by atoms with Gasteiger partial charge in [-0.15, -0.1) is 0 Å². The van der Waals surface area contributed by atoms with Gasteiger partial charge in [0.1, 0.15) is 0 Å². The fraction of sp³-hybridized carbons (Fsp3) is 0.643. The third-order valence-corrected chi connectivity index (χ3v) is 3.09. The minimum absolute atomic E-state index is 0.0143. The number of pyridine rings is 1. The molecule has 1 heterocycles. The van der Waals surface area contributed by atoms with Crippen molar-refractivity contribution in [3.8, 4) is 0 Å². The van der Waals surface area contributed by atoms with E-state index in [0.29, 0.717) is 13.2 Å². The molecule has 0 fully saturated rings. The molecule has 0 spiro atoms. The van der Waals surface area contributed by atoms with Gasteiger partial charge < -0.3 is 20.1 Å². The van der Waals surface area contributed by atoms with Gasteiger partial charge in [0.25, 0.3) is 0 Å². The molecule has 0 aliphatic heterocycles. The molecule has 1 atom stereocenters. The lowest BCUT2D eigenvalue weighted by molar-refractivity contribution is 0.190. The topological polar surface area (TPSA) is 60.6 Å². The summed E-state index contributed by atoms with van der Waals surface area (Å²) >= 11 is 0. The molecule has 0 saturated heterocycles. The normalized spacial score (nSPS) is 12.4. The average Bonchev–Trinajstić information content (AvgIpc) is 2.47. The third-order valence-electron chi connectivity index (χ3n) is 3.09. The summed E-state index contributed by atoms with van der Waals surface area (Å²) in [5.41, 5.74) is 7.97. The van der Waals surface area contributed by atoms with Gasteiger partial charge in [-0.1, -0.05) is 6.92 Å². The zero-order chi connectivity index (χ0) is 14.1.